The number of anilines is 1. The van der Waals surface area contributed by atoms with Crippen LogP contribution >= 0.6 is 0 Å². The van der Waals surface area contributed by atoms with Crippen molar-refractivity contribution >= 4 is 5.69 Å². The zero-order valence-electron chi connectivity index (χ0n) is 9.65. The van der Waals surface area contributed by atoms with Crippen molar-refractivity contribution < 1.29 is 4.74 Å². The van der Waals surface area contributed by atoms with Gasteiger partial charge in [0.05, 0.1) is 0 Å². The Hall–Kier alpha value is -1.96. The van der Waals surface area contributed by atoms with Gasteiger partial charge in [0.25, 0.3) is 0 Å². The van der Waals surface area contributed by atoms with E-state index in [1.165, 1.54) is 17.7 Å². The first kappa shape index (κ1) is 10.2. The van der Waals surface area contributed by atoms with E-state index in [4.69, 9.17) is 4.74 Å². The second-order valence-electron chi connectivity index (χ2n) is 4.23. The maximum Gasteiger partial charge on any atom is 0.132 e. The molecule has 1 aliphatic heterocycles. The van der Waals surface area contributed by atoms with E-state index in [2.05, 4.69) is 11.4 Å². The second kappa shape index (κ2) is 4.50. The lowest BCUT2D eigenvalue weighted by Crippen LogP contribution is -2.12. The number of ether oxygens (including phenoxy) is 1. The highest BCUT2D eigenvalue weighted by atomic mass is 16.5. The Morgan fingerprint density at radius 2 is 1.82 bits per heavy atom. The number of hydrogen-bond acceptors (Lipinski definition) is 2. The topological polar surface area (TPSA) is 21.3 Å². The van der Waals surface area contributed by atoms with Crippen LogP contribution in [0.2, 0.25) is 0 Å². The summed E-state index contributed by atoms with van der Waals surface area (Å²) < 4.78 is 5.94. The van der Waals surface area contributed by atoms with E-state index in [9.17, 15) is 0 Å². The predicted octanol–water partition coefficient (Wildman–Crippen LogP) is 3.84. The van der Waals surface area contributed by atoms with Crippen LogP contribution < -0.4 is 10.1 Å². The molecule has 17 heavy (non-hydrogen) atoms. The van der Waals surface area contributed by atoms with Gasteiger partial charge in [-0.25, -0.2) is 0 Å². The zero-order chi connectivity index (χ0) is 11.5. The van der Waals surface area contributed by atoms with Crippen LogP contribution in [0.1, 0.15) is 12.0 Å². The molecule has 0 unspecified atom stereocenters. The maximum atomic E-state index is 5.94. The van der Waals surface area contributed by atoms with Gasteiger partial charge in [-0.3, -0.25) is 0 Å². The molecule has 0 amide bonds. The van der Waals surface area contributed by atoms with Gasteiger partial charge in [-0.1, -0.05) is 24.3 Å². The normalized spacial score (nSPS) is 13.6. The molecule has 0 bridgehead atoms. The zero-order valence-corrected chi connectivity index (χ0v) is 9.65. The molecular weight excluding hydrogens is 210 g/mol. The van der Waals surface area contributed by atoms with Crippen LogP contribution in [0.25, 0.3) is 0 Å². The molecule has 86 valence electrons. The van der Waals surface area contributed by atoms with E-state index in [1.807, 2.05) is 42.5 Å². The Kier molecular flexibility index (Phi) is 2.70. The van der Waals surface area contributed by atoms with Gasteiger partial charge in [0, 0.05) is 17.8 Å². The number of para-hydroxylation sites is 1. The minimum Gasteiger partial charge on any atom is -0.457 e. The molecule has 2 aromatic rings. The highest BCUT2D eigenvalue weighted by Crippen LogP contribution is 2.33. The number of benzene rings is 2. The molecule has 0 saturated heterocycles. The van der Waals surface area contributed by atoms with Crippen molar-refractivity contribution in [2.75, 3.05) is 11.9 Å². The first-order chi connectivity index (χ1) is 8.43. The van der Waals surface area contributed by atoms with Gasteiger partial charge in [-0.15, -0.1) is 0 Å². The fourth-order valence-electron chi connectivity index (χ4n) is 2.19. The van der Waals surface area contributed by atoms with E-state index in [0.717, 1.165) is 24.5 Å². The standard InChI is InChI=1S/C15H15NO/c1-2-6-12(7-3-1)17-15-10-4-9-14-13(15)8-5-11-16-14/h1-4,6-7,9-10,16H,5,8,11H2. The van der Waals surface area contributed by atoms with Crippen LogP contribution in [0, 0.1) is 0 Å². The van der Waals surface area contributed by atoms with Crippen LogP contribution in [0.3, 0.4) is 0 Å². The third-order valence-electron chi connectivity index (χ3n) is 3.02. The number of hydrogen-bond donors (Lipinski definition) is 1. The number of fused-ring (bicyclic) bond motifs is 1. The summed E-state index contributed by atoms with van der Waals surface area (Å²) >= 11 is 0. The van der Waals surface area contributed by atoms with Crippen molar-refractivity contribution in [2.45, 2.75) is 12.8 Å². The Balaban J connectivity index is 1.93. The summed E-state index contributed by atoms with van der Waals surface area (Å²) in [5.74, 6) is 1.87. The van der Waals surface area contributed by atoms with Crippen LogP contribution in [-0.2, 0) is 6.42 Å². The Morgan fingerprint density at radius 3 is 2.71 bits per heavy atom. The third kappa shape index (κ3) is 2.11. The predicted molar refractivity (Wildman–Crippen MR) is 69.8 cm³/mol. The third-order valence-corrected chi connectivity index (χ3v) is 3.02. The summed E-state index contributed by atoms with van der Waals surface area (Å²) in [6, 6.07) is 16.1. The summed E-state index contributed by atoms with van der Waals surface area (Å²) in [5.41, 5.74) is 2.51. The van der Waals surface area contributed by atoms with Gasteiger partial charge in [0.2, 0.25) is 0 Å². The van der Waals surface area contributed by atoms with Crippen LogP contribution in [0.15, 0.2) is 48.5 Å². The molecule has 0 atom stereocenters. The lowest BCUT2D eigenvalue weighted by atomic mass is 10.0. The summed E-state index contributed by atoms with van der Waals surface area (Å²) in [7, 11) is 0. The van der Waals surface area contributed by atoms with E-state index < -0.39 is 0 Å². The monoisotopic (exact) mass is 225 g/mol. The fourth-order valence-corrected chi connectivity index (χ4v) is 2.19. The highest BCUT2D eigenvalue weighted by molar-refractivity contribution is 5.59. The second-order valence-corrected chi connectivity index (χ2v) is 4.23. The van der Waals surface area contributed by atoms with Crippen molar-refractivity contribution in [3.63, 3.8) is 0 Å². The quantitative estimate of drug-likeness (QED) is 0.838. The number of rotatable bonds is 2. The lowest BCUT2D eigenvalue weighted by Gasteiger charge is -2.20. The molecule has 0 saturated carbocycles. The molecule has 2 heteroatoms. The molecular formula is C15H15NO. The van der Waals surface area contributed by atoms with Gasteiger partial charge in [-0.2, -0.15) is 0 Å². The van der Waals surface area contributed by atoms with Crippen molar-refractivity contribution in [1.29, 1.82) is 0 Å². The van der Waals surface area contributed by atoms with Crippen LogP contribution in [0.4, 0.5) is 5.69 Å². The summed E-state index contributed by atoms with van der Waals surface area (Å²) in [5, 5.41) is 3.41. The van der Waals surface area contributed by atoms with Gasteiger partial charge in [0.15, 0.2) is 0 Å². The van der Waals surface area contributed by atoms with E-state index in [-0.39, 0.29) is 0 Å². The fraction of sp³-hybridized carbons (Fsp3) is 0.200. The number of nitrogens with one attached hydrogen (secondary N) is 1. The molecule has 0 radical (unpaired) electrons. The first-order valence-electron chi connectivity index (χ1n) is 6.02. The SMILES string of the molecule is c1ccc(Oc2cccc3c2CCCN3)cc1. The molecule has 1 N–H and O–H groups in total. The van der Waals surface area contributed by atoms with E-state index >= 15 is 0 Å². The molecule has 0 aliphatic carbocycles. The minimum atomic E-state index is 0.895. The largest absolute Gasteiger partial charge is 0.457 e. The first-order valence-corrected chi connectivity index (χ1v) is 6.02. The van der Waals surface area contributed by atoms with Crippen molar-refractivity contribution in [3.05, 3.63) is 54.1 Å². The summed E-state index contributed by atoms with van der Waals surface area (Å²) in [6.07, 6.45) is 2.26. The molecule has 3 rings (SSSR count). The van der Waals surface area contributed by atoms with E-state index in [0.29, 0.717) is 0 Å². The molecule has 0 fully saturated rings. The maximum absolute atomic E-state index is 5.94. The van der Waals surface area contributed by atoms with Crippen molar-refractivity contribution in [2.24, 2.45) is 0 Å². The average molecular weight is 225 g/mol. The summed E-state index contributed by atoms with van der Waals surface area (Å²) in [6.45, 7) is 1.06. The Bertz CT molecular complexity index is 508. The van der Waals surface area contributed by atoms with Gasteiger partial charge in [0.1, 0.15) is 11.5 Å². The van der Waals surface area contributed by atoms with Gasteiger partial charge >= 0.3 is 0 Å². The molecule has 2 aromatic carbocycles. The molecule has 1 aliphatic rings. The smallest absolute Gasteiger partial charge is 0.132 e. The van der Waals surface area contributed by atoms with Crippen molar-refractivity contribution in [1.82, 2.24) is 0 Å². The van der Waals surface area contributed by atoms with Crippen molar-refractivity contribution in [3.8, 4) is 11.5 Å². The van der Waals surface area contributed by atoms with E-state index in [1.54, 1.807) is 0 Å². The molecule has 0 spiro atoms. The highest BCUT2D eigenvalue weighted by Gasteiger charge is 2.13. The molecule has 1 heterocycles. The van der Waals surface area contributed by atoms with Crippen LogP contribution in [-0.4, -0.2) is 6.54 Å². The molecule has 2 nitrogen and oxygen atoms in total. The van der Waals surface area contributed by atoms with Gasteiger partial charge < -0.3 is 10.1 Å². The summed E-state index contributed by atoms with van der Waals surface area (Å²) in [4.78, 5) is 0. The Labute approximate surface area is 101 Å². The lowest BCUT2D eigenvalue weighted by molar-refractivity contribution is 0.475. The minimum absolute atomic E-state index is 0.895. The van der Waals surface area contributed by atoms with Crippen LogP contribution in [0.5, 0.6) is 11.5 Å². The average Bonchev–Trinajstić information content (AvgIpc) is 2.40. The molecule has 0 aromatic heterocycles. The van der Waals surface area contributed by atoms with Gasteiger partial charge in [-0.05, 0) is 37.1 Å². The Morgan fingerprint density at radius 1 is 0.941 bits per heavy atom.